The number of nitro groups is 1. The predicted octanol–water partition coefficient (Wildman–Crippen LogP) is -0.149. The van der Waals surface area contributed by atoms with Crippen molar-refractivity contribution < 1.29 is 14.8 Å². The lowest BCUT2D eigenvalue weighted by Gasteiger charge is -2.14. The molecule has 0 aliphatic rings. The molecule has 1 rings (SSSR count). The van der Waals surface area contributed by atoms with Crippen molar-refractivity contribution in [1.82, 2.24) is 15.1 Å². The topological polar surface area (TPSA) is 110 Å². The van der Waals surface area contributed by atoms with Gasteiger partial charge >= 0.3 is 5.69 Å². The number of nitrogens with zero attached hydrogens (tertiary/aromatic N) is 3. The fourth-order valence-corrected chi connectivity index (χ4v) is 1.38. The Kier molecular flexibility index (Phi) is 4.58. The molecule has 8 nitrogen and oxygen atoms in total. The van der Waals surface area contributed by atoms with Gasteiger partial charge < -0.3 is 10.4 Å². The second kappa shape index (κ2) is 5.94. The molecule has 1 amide bonds. The zero-order valence-electron chi connectivity index (χ0n) is 9.37. The Morgan fingerprint density at radius 3 is 2.94 bits per heavy atom. The van der Waals surface area contributed by atoms with Gasteiger partial charge in [0.05, 0.1) is 11.5 Å². The monoisotopic (exact) mass is 242 g/mol. The molecule has 0 aliphatic heterocycles. The van der Waals surface area contributed by atoms with Gasteiger partial charge in [-0.15, -0.1) is 0 Å². The van der Waals surface area contributed by atoms with Crippen LogP contribution in [0.15, 0.2) is 12.4 Å². The molecule has 0 aliphatic carbocycles. The summed E-state index contributed by atoms with van der Waals surface area (Å²) in [6.07, 6.45) is 2.77. The number of hydrogen-bond acceptors (Lipinski definition) is 5. The highest BCUT2D eigenvalue weighted by Gasteiger charge is 2.21. The summed E-state index contributed by atoms with van der Waals surface area (Å²) in [5, 5.41) is 25.4. The van der Waals surface area contributed by atoms with Crippen molar-refractivity contribution in [2.45, 2.75) is 19.4 Å². The van der Waals surface area contributed by atoms with Crippen LogP contribution in [-0.2, 0) is 4.79 Å². The molecule has 0 radical (unpaired) electrons. The lowest BCUT2D eigenvalue weighted by Crippen LogP contribution is -2.34. The zero-order valence-corrected chi connectivity index (χ0v) is 9.37. The van der Waals surface area contributed by atoms with Crippen molar-refractivity contribution in [3.05, 3.63) is 22.5 Å². The molecule has 1 aromatic rings. The van der Waals surface area contributed by atoms with E-state index in [4.69, 9.17) is 5.11 Å². The molecule has 17 heavy (non-hydrogen) atoms. The predicted molar refractivity (Wildman–Crippen MR) is 58.3 cm³/mol. The summed E-state index contributed by atoms with van der Waals surface area (Å²) in [6.45, 7) is 1.77. The van der Waals surface area contributed by atoms with E-state index in [9.17, 15) is 14.9 Å². The van der Waals surface area contributed by atoms with Crippen LogP contribution in [0.25, 0.3) is 0 Å². The Hall–Kier alpha value is -1.96. The minimum Gasteiger partial charge on any atom is -0.395 e. The Labute approximate surface area is 97.4 Å². The molecule has 0 aromatic carbocycles. The van der Waals surface area contributed by atoms with Gasteiger partial charge in [-0.1, -0.05) is 6.92 Å². The van der Waals surface area contributed by atoms with Gasteiger partial charge in [-0.2, -0.15) is 5.10 Å². The minimum atomic E-state index is -0.602. The molecule has 8 heteroatoms. The van der Waals surface area contributed by atoms with Crippen LogP contribution < -0.4 is 5.32 Å². The van der Waals surface area contributed by atoms with Crippen LogP contribution in [-0.4, -0.2) is 38.9 Å². The maximum atomic E-state index is 11.7. The highest BCUT2D eigenvalue weighted by Crippen LogP contribution is 2.15. The lowest BCUT2D eigenvalue weighted by molar-refractivity contribution is -0.385. The van der Waals surface area contributed by atoms with Gasteiger partial charge in [-0.05, 0) is 6.42 Å². The summed E-state index contributed by atoms with van der Waals surface area (Å²) in [5.74, 6) is -0.320. The molecule has 1 heterocycles. The van der Waals surface area contributed by atoms with Gasteiger partial charge in [0.25, 0.3) is 0 Å². The average Bonchev–Trinajstić information content (AvgIpc) is 2.77. The Balaban J connectivity index is 2.78. The van der Waals surface area contributed by atoms with Crippen molar-refractivity contribution in [3.8, 4) is 0 Å². The fourth-order valence-electron chi connectivity index (χ4n) is 1.38. The first-order valence-corrected chi connectivity index (χ1v) is 5.17. The molecule has 94 valence electrons. The largest absolute Gasteiger partial charge is 0.395 e. The normalized spacial score (nSPS) is 12.1. The van der Waals surface area contributed by atoms with Gasteiger partial charge in [0.15, 0.2) is 0 Å². The number of carbonyl (C=O) groups is 1. The van der Waals surface area contributed by atoms with Gasteiger partial charge in [0, 0.05) is 6.54 Å². The van der Waals surface area contributed by atoms with Crippen LogP contribution in [0.3, 0.4) is 0 Å². The third-order valence-electron chi connectivity index (χ3n) is 2.22. The SMILES string of the molecule is CCC(C(=O)NCCO)n1cc([N+](=O)[O-])cn1. The lowest BCUT2D eigenvalue weighted by atomic mass is 10.2. The van der Waals surface area contributed by atoms with Crippen molar-refractivity contribution in [2.75, 3.05) is 13.2 Å². The summed E-state index contributed by atoms with van der Waals surface area (Å²) in [4.78, 5) is 21.6. The number of aromatic nitrogens is 2. The average molecular weight is 242 g/mol. The molecule has 0 fully saturated rings. The van der Waals surface area contributed by atoms with Crippen LogP contribution in [0.2, 0.25) is 0 Å². The maximum Gasteiger partial charge on any atom is 0.307 e. The van der Waals surface area contributed by atoms with Crippen LogP contribution in [0.1, 0.15) is 19.4 Å². The van der Waals surface area contributed by atoms with Gasteiger partial charge in [0.1, 0.15) is 18.4 Å². The Bertz CT molecular complexity index is 403. The van der Waals surface area contributed by atoms with E-state index in [1.54, 1.807) is 6.92 Å². The molecule has 0 saturated heterocycles. The first-order valence-electron chi connectivity index (χ1n) is 5.17. The summed E-state index contributed by atoms with van der Waals surface area (Å²) in [5.41, 5.74) is -0.154. The van der Waals surface area contributed by atoms with Crippen molar-refractivity contribution in [3.63, 3.8) is 0 Å². The van der Waals surface area contributed by atoms with Crippen molar-refractivity contribution in [1.29, 1.82) is 0 Å². The third kappa shape index (κ3) is 3.25. The van der Waals surface area contributed by atoms with E-state index < -0.39 is 11.0 Å². The molecule has 0 spiro atoms. The quantitative estimate of drug-likeness (QED) is 0.532. The first kappa shape index (κ1) is 13.1. The standard InChI is InChI=1S/C9H14N4O4/c1-2-8(9(15)10-3-4-14)12-6-7(5-11-12)13(16)17/h5-6,8,14H,2-4H2,1H3,(H,10,15). The number of aliphatic hydroxyl groups excluding tert-OH is 1. The van der Waals surface area contributed by atoms with Crippen LogP contribution >= 0.6 is 0 Å². The van der Waals surface area contributed by atoms with Crippen LogP contribution in [0, 0.1) is 10.1 Å². The Morgan fingerprint density at radius 1 is 1.76 bits per heavy atom. The van der Waals surface area contributed by atoms with Crippen molar-refractivity contribution >= 4 is 11.6 Å². The maximum absolute atomic E-state index is 11.7. The molecular weight excluding hydrogens is 228 g/mol. The first-order chi connectivity index (χ1) is 8.10. The highest BCUT2D eigenvalue weighted by molar-refractivity contribution is 5.80. The summed E-state index contributed by atoms with van der Waals surface area (Å²) in [7, 11) is 0. The molecule has 1 atom stereocenters. The van der Waals surface area contributed by atoms with E-state index in [0.29, 0.717) is 6.42 Å². The van der Waals surface area contributed by atoms with Crippen LogP contribution in [0.5, 0.6) is 0 Å². The molecular formula is C9H14N4O4. The van der Waals surface area contributed by atoms with E-state index in [1.165, 1.54) is 10.9 Å². The van der Waals surface area contributed by atoms with E-state index in [0.717, 1.165) is 6.20 Å². The van der Waals surface area contributed by atoms with E-state index in [2.05, 4.69) is 10.4 Å². The molecule has 0 saturated carbocycles. The summed E-state index contributed by atoms with van der Waals surface area (Å²) in [6, 6.07) is -0.602. The second-order valence-corrected chi connectivity index (χ2v) is 3.37. The summed E-state index contributed by atoms with van der Waals surface area (Å²) >= 11 is 0. The second-order valence-electron chi connectivity index (χ2n) is 3.37. The molecule has 1 aromatic heterocycles. The van der Waals surface area contributed by atoms with Gasteiger partial charge in [-0.3, -0.25) is 19.6 Å². The molecule has 0 bridgehead atoms. The highest BCUT2D eigenvalue weighted by atomic mass is 16.6. The van der Waals surface area contributed by atoms with Crippen molar-refractivity contribution in [2.24, 2.45) is 0 Å². The third-order valence-corrected chi connectivity index (χ3v) is 2.22. The van der Waals surface area contributed by atoms with E-state index in [-0.39, 0.29) is 24.7 Å². The zero-order chi connectivity index (χ0) is 12.8. The van der Waals surface area contributed by atoms with Gasteiger partial charge in [0.2, 0.25) is 5.91 Å². The number of hydrogen-bond donors (Lipinski definition) is 2. The number of aliphatic hydroxyl groups is 1. The molecule has 1 unspecified atom stereocenters. The number of carbonyl (C=O) groups excluding carboxylic acids is 1. The number of rotatable bonds is 6. The minimum absolute atomic E-state index is 0.151. The van der Waals surface area contributed by atoms with Gasteiger partial charge in [-0.25, -0.2) is 0 Å². The summed E-state index contributed by atoms with van der Waals surface area (Å²) < 4.78 is 1.25. The van der Waals surface area contributed by atoms with E-state index >= 15 is 0 Å². The van der Waals surface area contributed by atoms with Crippen LogP contribution in [0.4, 0.5) is 5.69 Å². The molecule has 2 N–H and O–H groups in total. The fraction of sp³-hybridized carbons (Fsp3) is 0.556. The number of amides is 1. The number of nitrogens with one attached hydrogen (secondary N) is 1. The smallest absolute Gasteiger partial charge is 0.307 e. The van der Waals surface area contributed by atoms with E-state index in [1.807, 2.05) is 0 Å². The Morgan fingerprint density at radius 2 is 2.47 bits per heavy atom.